The van der Waals surface area contributed by atoms with Gasteiger partial charge in [-0.25, -0.2) is 9.97 Å². The van der Waals surface area contributed by atoms with Crippen molar-refractivity contribution in [1.29, 1.82) is 0 Å². The highest BCUT2D eigenvalue weighted by Crippen LogP contribution is 2.22. The number of aryl methyl sites for hydroxylation is 1. The van der Waals surface area contributed by atoms with Gasteiger partial charge in [0.2, 0.25) is 0 Å². The fraction of sp³-hybridized carbons (Fsp3) is 0.471. The van der Waals surface area contributed by atoms with Crippen molar-refractivity contribution in [3.05, 3.63) is 42.0 Å². The fourth-order valence-electron chi connectivity index (χ4n) is 2.88. The van der Waals surface area contributed by atoms with E-state index < -0.39 is 0 Å². The van der Waals surface area contributed by atoms with Gasteiger partial charge in [-0.05, 0) is 31.4 Å². The Morgan fingerprint density at radius 1 is 1.14 bits per heavy atom. The Balaban J connectivity index is 1.64. The molecular weight excluding hydrogens is 274 g/mol. The molecule has 2 N–H and O–H groups in total. The summed E-state index contributed by atoms with van der Waals surface area (Å²) in [6.07, 6.45) is 10.1. The summed E-state index contributed by atoms with van der Waals surface area (Å²) >= 11 is 0. The van der Waals surface area contributed by atoms with Gasteiger partial charge in [0.25, 0.3) is 0 Å². The summed E-state index contributed by atoms with van der Waals surface area (Å²) in [5, 5.41) is 6.91. The average Bonchev–Trinajstić information content (AvgIpc) is 2.54. The molecule has 5 heteroatoms. The zero-order valence-electron chi connectivity index (χ0n) is 13.0. The van der Waals surface area contributed by atoms with Crippen LogP contribution in [0.1, 0.15) is 43.5 Å². The third kappa shape index (κ3) is 4.16. The van der Waals surface area contributed by atoms with Gasteiger partial charge in [0.15, 0.2) is 0 Å². The van der Waals surface area contributed by atoms with E-state index >= 15 is 0 Å². The van der Waals surface area contributed by atoms with E-state index in [-0.39, 0.29) is 0 Å². The molecule has 3 rings (SSSR count). The zero-order valence-corrected chi connectivity index (χ0v) is 13.0. The first kappa shape index (κ1) is 14.8. The second-order valence-electron chi connectivity index (χ2n) is 5.88. The highest BCUT2D eigenvalue weighted by Gasteiger charge is 2.14. The van der Waals surface area contributed by atoms with E-state index in [0.29, 0.717) is 12.6 Å². The molecule has 22 heavy (non-hydrogen) atoms. The van der Waals surface area contributed by atoms with Crippen LogP contribution in [-0.2, 0) is 6.54 Å². The maximum absolute atomic E-state index is 4.51. The number of hydrogen-bond acceptors (Lipinski definition) is 5. The van der Waals surface area contributed by atoms with Crippen LogP contribution in [0.4, 0.5) is 11.6 Å². The Labute approximate surface area is 131 Å². The Morgan fingerprint density at radius 2 is 1.95 bits per heavy atom. The molecule has 1 aliphatic rings. The molecule has 116 valence electrons. The van der Waals surface area contributed by atoms with Crippen LogP contribution in [0, 0.1) is 6.92 Å². The van der Waals surface area contributed by atoms with Gasteiger partial charge >= 0.3 is 0 Å². The Bertz CT molecular complexity index is 593. The summed E-state index contributed by atoms with van der Waals surface area (Å²) in [7, 11) is 0. The predicted octanol–water partition coefficient (Wildman–Crippen LogP) is 3.54. The first-order valence-corrected chi connectivity index (χ1v) is 8.04. The predicted molar refractivity (Wildman–Crippen MR) is 88.8 cm³/mol. The van der Waals surface area contributed by atoms with Gasteiger partial charge in [0.1, 0.15) is 17.5 Å². The van der Waals surface area contributed by atoms with Gasteiger partial charge in [-0.1, -0.05) is 25.3 Å². The molecule has 0 bridgehead atoms. The van der Waals surface area contributed by atoms with Crippen molar-refractivity contribution in [1.82, 2.24) is 15.0 Å². The van der Waals surface area contributed by atoms with E-state index in [1.807, 2.05) is 25.3 Å². The minimum absolute atomic E-state index is 0.550. The molecule has 1 saturated carbocycles. The summed E-state index contributed by atoms with van der Waals surface area (Å²) in [5.41, 5.74) is 1.14. The minimum Gasteiger partial charge on any atom is -0.367 e. The van der Waals surface area contributed by atoms with Crippen LogP contribution in [0.3, 0.4) is 0 Å². The van der Waals surface area contributed by atoms with Gasteiger partial charge in [0, 0.05) is 31.0 Å². The van der Waals surface area contributed by atoms with Gasteiger partial charge < -0.3 is 10.6 Å². The lowest BCUT2D eigenvalue weighted by atomic mass is 9.95. The summed E-state index contributed by atoms with van der Waals surface area (Å²) in [6, 6.07) is 6.54. The lowest BCUT2D eigenvalue weighted by Crippen LogP contribution is -2.23. The molecule has 0 amide bonds. The van der Waals surface area contributed by atoms with Crippen LogP contribution in [0.15, 0.2) is 30.6 Å². The van der Waals surface area contributed by atoms with E-state index in [1.165, 1.54) is 32.1 Å². The van der Waals surface area contributed by atoms with Crippen molar-refractivity contribution in [2.75, 3.05) is 10.6 Å². The second kappa shape index (κ2) is 7.20. The molecule has 0 radical (unpaired) electrons. The maximum Gasteiger partial charge on any atom is 0.132 e. The molecule has 0 atom stereocenters. The van der Waals surface area contributed by atoms with Crippen molar-refractivity contribution in [3.8, 4) is 0 Å². The third-order valence-electron chi connectivity index (χ3n) is 3.99. The summed E-state index contributed by atoms with van der Waals surface area (Å²) < 4.78 is 0. The molecule has 0 unspecified atom stereocenters. The highest BCUT2D eigenvalue weighted by molar-refractivity contribution is 5.48. The smallest absolute Gasteiger partial charge is 0.132 e. The summed E-state index contributed by atoms with van der Waals surface area (Å²) in [4.78, 5) is 13.1. The first-order chi connectivity index (χ1) is 10.8. The Hall–Kier alpha value is -2.17. The quantitative estimate of drug-likeness (QED) is 0.884. The maximum atomic E-state index is 4.51. The Morgan fingerprint density at radius 3 is 2.73 bits per heavy atom. The fourth-order valence-corrected chi connectivity index (χ4v) is 2.88. The standard InChI is InChI=1S/C17H23N5/c1-13-20-16(19-12-14-6-5-9-18-11-14)10-17(21-13)22-15-7-3-2-4-8-15/h5-6,9-11,15H,2-4,7-8,12H2,1H3,(H2,19,20,21,22). The molecule has 1 aliphatic carbocycles. The van der Waals surface area contributed by atoms with Gasteiger partial charge in [0.05, 0.1) is 0 Å². The van der Waals surface area contributed by atoms with Crippen molar-refractivity contribution in [2.45, 2.75) is 51.6 Å². The van der Waals surface area contributed by atoms with Gasteiger partial charge in [-0.15, -0.1) is 0 Å². The molecular formula is C17H23N5. The molecule has 0 saturated heterocycles. The van der Waals surface area contributed by atoms with Crippen LogP contribution in [0.25, 0.3) is 0 Å². The zero-order chi connectivity index (χ0) is 15.2. The van der Waals surface area contributed by atoms with Crippen molar-refractivity contribution in [3.63, 3.8) is 0 Å². The Kier molecular flexibility index (Phi) is 4.83. The largest absolute Gasteiger partial charge is 0.367 e. The molecule has 2 aromatic rings. The van der Waals surface area contributed by atoms with Gasteiger partial charge in [-0.3, -0.25) is 4.98 Å². The van der Waals surface area contributed by atoms with Crippen molar-refractivity contribution in [2.24, 2.45) is 0 Å². The lowest BCUT2D eigenvalue weighted by molar-refractivity contribution is 0.462. The van der Waals surface area contributed by atoms with Crippen LogP contribution in [-0.4, -0.2) is 21.0 Å². The molecule has 0 aromatic carbocycles. The average molecular weight is 297 g/mol. The molecule has 2 aromatic heterocycles. The number of nitrogens with zero attached hydrogens (tertiary/aromatic N) is 3. The van der Waals surface area contributed by atoms with Crippen LogP contribution >= 0.6 is 0 Å². The third-order valence-corrected chi connectivity index (χ3v) is 3.99. The van der Waals surface area contributed by atoms with E-state index in [9.17, 15) is 0 Å². The SMILES string of the molecule is Cc1nc(NCc2cccnc2)cc(NC2CCCCC2)n1. The molecule has 0 aliphatic heterocycles. The number of rotatable bonds is 5. The topological polar surface area (TPSA) is 62.7 Å². The van der Waals surface area contributed by atoms with Gasteiger partial charge in [-0.2, -0.15) is 0 Å². The minimum atomic E-state index is 0.550. The number of aromatic nitrogens is 3. The van der Waals surface area contributed by atoms with Crippen molar-refractivity contribution >= 4 is 11.6 Å². The van der Waals surface area contributed by atoms with E-state index in [1.54, 1.807) is 6.20 Å². The van der Waals surface area contributed by atoms with E-state index in [0.717, 1.165) is 23.0 Å². The summed E-state index contributed by atoms with van der Waals surface area (Å²) in [5.74, 6) is 2.57. The van der Waals surface area contributed by atoms with Crippen LogP contribution < -0.4 is 10.6 Å². The van der Waals surface area contributed by atoms with E-state index in [4.69, 9.17) is 0 Å². The van der Waals surface area contributed by atoms with E-state index in [2.05, 4.69) is 31.7 Å². The number of anilines is 2. The number of pyridine rings is 1. The number of hydrogen-bond donors (Lipinski definition) is 2. The molecule has 5 nitrogen and oxygen atoms in total. The second-order valence-corrected chi connectivity index (χ2v) is 5.88. The molecule has 1 fully saturated rings. The van der Waals surface area contributed by atoms with Crippen LogP contribution in [0.5, 0.6) is 0 Å². The normalized spacial score (nSPS) is 15.5. The highest BCUT2D eigenvalue weighted by atomic mass is 15.1. The number of nitrogens with one attached hydrogen (secondary N) is 2. The van der Waals surface area contributed by atoms with Crippen LogP contribution in [0.2, 0.25) is 0 Å². The molecule has 0 spiro atoms. The molecule has 2 heterocycles. The monoisotopic (exact) mass is 297 g/mol. The lowest BCUT2D eigenvalue weighted by Gasteiger charge is -2.23. The first-order valence-electron chi connectivity index (χ1n) is 8.04. The van der Waals surface area contributed by atoms with Crippen molar-refractivity contribution < 1.29 is 0 Å². The summed E-state index contributed by atoms with van der Waals surface area (Å²) in [6.45, 7) is 2.65.